The molecule has 0 radical (unpaired) electrons. The fourth-order valence-corrected chi connectivity index (χ4v) is 1.86. The first kappa shape index (κ1) is 14.5. The summed E-state index contributed by atoms with van der Waals surface area (Å²) >= 11 is 0. The number of amidine groups is 1. The van der Waals surface area contributed by atoms with Gasteiger partial charge in [0.1, 0.15) is 5.75 Å². The van der Waals surface area contributed by atoms with E-state index in [1.807, 2.05) is 18.2 Å². The van der Waals surface area contributed by atoms with Crippen LogP contribution in [0.1, 0.15) is 18.9 Å². The maximum absolute atomic E-state index is 7.24. The van der Waals surface area contributed by atoms with Crippen LogP contribution in [0.4, 0.5) is 0 Å². The second-order valence-corrected chi connectivity index (χ2v) is 4.62. The molecular formula is C14H23N3O. The summed E-state index contributed by atoms with van der Waals surface area (Å²) in [5.74, 6) is 1.18. The molecule has 0 spiro atoms. The van der Waals surface area contributed by atoms with Gasteiger partial charge in [-0.25, -0.2) is 0 Å². The Kier molecular flexibility index (Phi) is 5.65. The van der Waals surface area contributed by atoms with Crippen LogP contribution in [-0.2, 0) is 6.42 Å². The summed E-state index contributed by atoms with van der Waals surface area (Å²) in [6.45, 7) is 2.98. The summed E-state index contributed by atoms with van der Waals surface area (Å²) in [6.07, 6.45) is 1.55. The minimum absolute atomic E-state index is 0.242. The number of methoxy groups -OCH3 is 1. The van der Waals surface area contributed by atoms with Crippen molar-refractivity contribution in [1.29, 1.82) is 5.41 Å². The number of hydrogen-bond acceptors (Lipinski definition) is 3. The molecule has 0 aliphatic heterocycles. The van der Waals surface area contributed by atoms with E-state index in [2.05, 4.69) is 24.9 Å². The van der Waals surface area contributed by atoms with Gasteiger partial charge in [0, 0.05) is 19.0 Å². The number of nitrogens with two attached hydrogens (primary N) is 1. The van der Waals surface area contributed by atoms with Gasteiger partial charge < -0.3 is 15.4 Å². The van der Waals surface area contributed by atoms with Gasteiger partial charge >= 0.3 is 0 Å². The number of hydrogen-bond donors (Lipinski definition) is 2. The lowest BCUT2D eigenvalue weighted by atomic mass is 10.0. The van der Waals surface area contributed by atoms with E-state index in [1.165, 1.54) is 5.56 Å². The molecule has 0 aliphatic carbocycles. The smallest absolute Gasteiger partial charge is 0.122 e. The Morgan fingerprint density at radius 3 is 2.72 bits per heavy atom. The van der Waals surface area contributed by atoms with Crippen LogP contribution in [0.2, 0.25) is 0 Å². The van der Waals surface area contributed by atoms with E-state index < -0.39 is 0 Å². The van der Waals surface area contributed by atoms with E-state index in [0.29, 0.717) is 12.5 Å². The molecule has 0 aliphatic rings. The Morgan fingerprint density at radius 1 is 1.44 bits per heavy atom. The molecule has 0 saturated carbocycles. The summed E-state index contributed by atoms with van der Waals surface area (Å²) < 4.78 is 5.35. The third-order valence-corrected chi connectivity index (χ3v) is 3.19. The molecule has 1 atom stereocenters. The second kappa shape index (κ2) is 7.01. The Hall–Kier alpha value is -1.55. The van der Waals surface area contributed by atoms with Gasteiger partial charge in [0.05, 0.1) is 12.9 Å². The van der Waals surface area contributed by atoms with Gasteiger partial charge in [-0.15, -0.1) is 0 Å². The maximum Gasteiger partial charge on any atom is 0.122 e. The molecule has 0 aromatic heterocycles. The van der Waals surface area contributed by atoms with Crippen LogP contribution in [-0.4, -0.2) is 37.5 Å². The Bertz CT molecular complexity index is 392. The monoisotopic (exact) mass is 249 g/mol. The zero-order valence-corrected chi connectivity index (χ0v) is 11.4. The number of benzene rings is 1. The number of rotatable bonds is 7. The first-order valence-electron chi connectivity index (χ1n) is 6.19. The quantitative estimate of drug-likeness (QED) is 0.573. The number of nitrogens with zero attached hydrogens (tertiary/aromatic N) is 1. The van der Waals surface area contributed by atoms with Gasteiger partial charge in [0.2, 0.25) is 0 Å². The number of likely N-dealkylation sites (N-methyl/N-ethyl adjacent to an activating group) is 1. The highest BCUT2D eigenvalue weighted by atomic mass is 16.5. The molecular weight excluding hydrogens is 226 g/mol. The van der Waals surface area contributed by atoms with Crippen LogP contribution >= 0.6 is 0 Å². The summed E-state index contributed by atoms with van der Waals surface area (Å²) in [5, 5.41) is 7.24. The molecule has 0 bridgehead atoms. The van der Waals surface area contributed by atoms with Gasteiger partial charge in [-0.05, 0) is 32.0 Å². The molecule has 4 nitrogen and oxygen atoms in total. The normalized spacial score (nSPS) is 12.4. The van der Waals surface area contributed by atoms with E-state index in [-0.39, 0.29) is 5.84 Å². The first-order valence-corrected chi connectivity index (χ1v) is 6.19. The summed E-state index contributed by atoms with van der Waals surface area (Å²) in [6, 6.07) is 8.47. The van der Waals surface area contributed by atoms with E-state index in [4.69, 9.17) is 15.9 Å². The van der Waals surface area contributed by atoms with Gasteiger partial charge in [-0.3, -0.25) is 5.41 Å². The van der Waals surface area contributed by atoms with Crippen LogP contribution in [0.5, 0.6) is 5.75 Å². The summed E-state index contributed by atoms with van der Waals surface area (Å²) in [4.78, 5) is 2.22. The van der Waals surface area contributed by atoms with Crippen LogP contribution in [0, 0.1) is 5.41 Å². The van der Waals surface area contributed by atoms with Crippen molar-refractivity contribution >= 4 is 5.84 Å². The highest BCUT2D eigenvalue weighted by molar-refractivity contribution is 5.76. The lowest BCUT2D eigenvalue weighted by Crippen LogP contribution is -2.33. The van der Waals surface area contributed by atoms with E-state index in [9.17, 15) is 0 Å². The Morgan fingerprint density at radius 2 is 2.11 bits per heavy atom. The minimum Gasteiger partial charge on any atom is -0.496 e. The molecule has 18 heavy (non-hydrogen) atoms. The largest absolute Gasteiger partial charge is 0.496 e. The molecule has 1 unspecified atom stereocenters. The van der Waals surface area contributed by atoms with Crippen LogP contribution < -0.4 is 10.5 Å². The van der Waals surface area contributed by atoms with Gasteiger partial charge in [-0.1, -0.05) is 18.2 Å². The number of ether oxygens (including phenoxy) is 1. The Balaban J connectivity index is 2.57. The fraction of sp³-hybridized carbons (Fsp3) is 0.500. The first-order chi connectivity index (χ1) is 8.54. The van der Waals surface area contributed by atoms with Gasteiger partial charge in [0.15, 0.2) is 0 Å². The highest BCUT2D eigenvalue weighted by Crippen LogP contribution is 2.20. The zero-order chi connectivity index (χ0) is 13.5. The van der Waals surface area contributed by atoms with Crippen molar-refractivity contribution in [3.05, 3.63) is 29.8 Å². The maximum atomic E-state index is 7.24. The van der Waals surface area contributed by atoms with E-state index >= 15 is 0 Å². The number of nitrogens with one attached hydrogen (secondary N) is 1. The predicted octanol–water partition coefficient (Wildman–Crippen LogP) is 1.88. The zero-order valence-electron chi connectivity index (χ0n) is 11.4. The molecule has 0 fully saturated rings. The molecule has 0 heterocycles. The molecule has 0 saturated heterocycles. The molecule has 4 heteroatoms. The molecule has 1 aromatic carbocycles. The van der Waals surface area contributed by atoms with Crippen molar-refractivity contribution in [2.75, 3.05) is 20.7 Å². The molecule has 3 N–H and O–H groups in total. The van der Waals surface area contributed by atoms with Crippen molar-refractivity contribution in [1.82, 2.24) is 4.90 Å². The van der Waals surface area contributed by atoms with Gasteiger partial charge in [0.25, 0.3) is 0 Å². The van der Waals surface area contributed by atoms with Crippen molar-refractivity contribution in [3.8, 4) is 5.75 Å². The summed E-state index contributed by atoms with van der Waals surface area (Å²) in [5.41, 5.74) is 6.59. The molecule has 0 amide bonds. The van der Waals surface area contributed by atoms with Crippen molar-refractivity contribution < 1.29 is 4.74 Å². The van der Waals surface area contributed by atoms with E-state index in [0.717, 1.165) is 18.7 Å². The summed E-state index contributed by atoms with van der Waals surface area (Å²) in [7, 11) is 3.76. The SMILES string of the molecule is COc1ccccc1CC(C)N(C)CCC(=N)N. The average Bonchev–Trinajstić information content (AvgIpc) is 2.36. The lowest BCUT2D eigenvalue weighted by Gasteiger charge is -2.25. The molecule has 100 valence electrons. The third kappa shape index (κ3) is 4.37. The molecule has 1 aromatic rings. The lowest BCUT2D eigenvalue weighted by molar-refractivity contribution is 0.261. The fourth-order valence-electron chi connectivity index (χ4n) is 1.86. The van der Waals surface area contributed by atoms with Crippen LogP contribution in [0.25, 0.3) is 0 Å². The van der Waals surface area contributed by atoms with Crippen molar-refractivity contribution in [2.24, 2.45) is 5.73 Å². The van der Waals surface area contributed by atoms with E-state index in [1.54, 1.807) is 7.11 Å². The van der Waals surface area contributed by atoms with Crippen molar-refractivity contribution in [3.63, 3.8) is 0 Å². The second-order valence-electron chi connectivity index (χ2n) is 4.62. The van der Waals surface area contributed by atoms with Crippen molar-refractivity contribution in [2.45, 2.75) is 25.8 Å². The Labute approximate surface area is 109 Å². The standard InChI is InChI=1S/C14H23N3O/c1-11(17(2)9-8-14(15)16)10-12-6-4-5-7-13(12)18-3/h4-7,11H,8-10H2,1-3H3,(H3,15,16). The predicted molar refractivity (Wildman–Crippen MR) is 75.3 cm³/mol. The number of para-hydroxylation sites is 1. The van der Waals surface area contributed by atoms with Gasteiger partial charge in [-0.2, -0.15) is 0 Å². The topological polar surface area (TPSA) is 62.3 Å². The highest BCUT2D eigenvalue weighted by Gasteiger charge is 2.12. The minimum atomic E-state index is 0.242. The average molecular weight is 249 g/mol. The van der Waals surface area contributed by atoms with Crippen LogP contribution in [0.15, 0.2) is 24.3 Å². The van der Waals surface area contributed by atoms with Crippen LogP contribution in [0.3, 0.4) is 0 Å². The third-order valence-electron chi connectivity index (χ3n) is 3.19. The molecule has 1 rings (SSSR count).